The van der Waals surface area contributed by atoms with E-state index in [1.807, 2.05) is 32.3 Å². The summed E-state index contributed by atoms with van der Waals surface area (Å²) in [4.78, 5) is 14.1. The molecule has 2 nitrogen and oxygen atoms in total. The molecule has 2 rings (SSSR count). The van der Waals surface area contributed by atoms with Gasteiger partial charge in [0, 0.05) is 11.5 Å². The minimum atomic E-state index is 0.213. The standard InChI is InChI=1S/C13H17NO/c1-14(2)8-7-11-9-10-5-3-4-6-12(10)13(11)15/h3-6,11H,7-9H2,1-2H3. The average molecular weight is 203 g/mol. The van der Waals surface area contributed by atoms with E-state index in [-0.39, 0.29) is 5.92 Å². The summed E-state index contributed by atoms with van der Waals surface area (Å²) >= 11 is 0. The highest BCUT2D eigenvalue weighted by atomic mass is 16.1. The fourth-order valence-electron chi connectivity index (χ4n) is 2.16. The van der Waals surface area contributed by atoms with Crippen molar-refractivity contribution in [1.82, 2.24) is 4.90 Å². The maximum Gasteiger partial charge on any atom is 0.166 e. The van der Waals surface area contributed by atoms with Gasteiger partial charge in [-0.3, -0.25) is 4.79 Å². The molecule has 0 fully saturated rings. The Balaban J connectivity index is 2.07. The second-order valence-corrected chi connectivity index (χ2v) is 4.51. The Bertz CT molecular complexity index is 371. The van der Waals surface area contributed by atoms with Gasteiger partial charge in [-0.1, -0.05) is 24.3 Å². The molecule has 80 valence electrons. The highest BCUT2D eigenvalue weighted by molar-refractivity contribution is 6.02. The van der Waals surface area contributed by atoms with Crippen molar-refractivity contribution in [2.75, 3.05) is 20.6 Å². The Morgan fingerprint density at radius 2 is 2.07 bits per heavy atom. The van der Waals surface area contributed by atoms with Crippen LogP contribution in [-0.4, -0.2) is 31.3 Å². The van der Waals surface area contributed by atoms with E-state index >= 15 is 0 Å². The molecule has 0 spiro atoms. The number of carbonyl (C=O) groups excluding carboxylic acids is 1. The molecule has 1 unspecified atom stereocenters. The molecule has 0 amide bonds. The van der Waals surface area contributed by atoms with E-state index in [1.54, 1.807) is 0 Å². The monoisotopic (exact) mass is 203 g/mol. The highest BCUT2D eigenvalue weighted by Gasteiger charge is 2.29. The normalized spacial score (nSPS) is 19.7. The van der Waals surface area contributed by atoms with E-state index < -0.39 is 0 Å². The molecule has 0 aliphatic heterocycles. The predicted molar refractivity (Wildman–Crippen MR) is 61.1 cm³/mol. The van der Waals surface area contributed by atoms with Gasteiger partial charge in [0.05, 0.1) is 0 Å². The largest absolute Gasteiger partial charge is 0.309 e. The topological polar surface area (TPSA) is 20.3 Å². The molecule has 1 aromatic carbocycles. The van der Waals surface area contributed by atoms with Gasteiger partial charge in [-0.05, 0) is 39.0 Å². The Hall–Kier alpha value is -1.15. The van der Waals surface area contributed by atoms with Crippen LogP contribution in [0.3, 0.4) is 0 Å². The lowest BCUT2D eigenvalue weighted by molar-refractivity contribution is 0.0925. The first-order valence-corrected chi connectivity index (χ1v) is 5.45. The third-order valence-electron chi connectivity index (χ3n) is 3.04. The molecule has 0 N–H and O–H groups in total. The fourth-order valence-corrected chi connectivity index (χ4v) is 2.16. The van der Waals surface area contributed by atoms with E-state index in [2.05, 4.69) is 11.0 Å². The van der Waals surface area contributed by atoms with Crippen LogP contribution in [0.25, 0.3) is 0 Å². The van der Waals surface area contributed by atoms with Crippen molar-refractivity contribution in [3.8, 4) is 0 Å². The SMILES string of the molecule is CN(C)CCC1Cc2ccccc2C1=O. The van der Waals surface area contributed by atoms with Gasteiger partial charge in [0.25, 0.3) is 0 Å². The number of fused-ring (bicyclic) bond motifs is 1. The molecular formula is C13H17NO. The zero-order valence-electron chi connectivity index (χ0n) is 9.36. The molecular weight excluding hydrogens is 186 g/mol. The van der Waals surface area contributed by atoms with Crippen LogP contribution < -0.4 is 0 Å². The molecule has 1 aliphatic carbocycles. The second-order valence-electron chi connectivity index (χ2n) is 4.51. The van der Waals surface area contributed by atoms with Crippen LogP contribution in [0.1, 0.15) is 22.3 Å². The zero-order chi connectivity index (χ0) is 10.8. The van der Waals surface area contributed by atoms with E-state index in [1.165, 1.54) is 5.56 Å². The van der Waals surface area contributed by atoms with Crippen molar-refractivity contribution in [3.05, 3.63) is 35.4 Å². The maximum atomic E-state index is 12.0. The van der Waals surface area contributed by atoms with E-state index in [4.69, 9.17) is 0 Å². The minimum absolute atomic E-state index is 0.213. The lowest BCUT2D eigenvalue weighted by Crippen LogP contribution is -2.19. The number of hydrogen-bond donors (Lipinski definition) is 0. The molecule has 1 aliphatic rings. The van der Waals surface area contributed by atoms with Crippen molar-refractivity contribution < 1.29 is 4.79 Å². The van der Waals surface area contributed by atoms with E-state index in [0.717, 1.165) is 24.9 Å². The summed E-state index contributed by atoms with van der Waals surface area (Å²) in [5, 5.41) is 0. The van der Waals surface area contributed by atoms with Crippen LogP contribution in [0, 0.1) is 5.92 Å². The Kier molecular flexibility index (Phi) is 2.87. The van der Waals surface area contributed by atoms with Crippen LogP contribution in [0.15, 0.2) is 24.3 Å². The third-order valence-corrected chi connectivity index (χ3v) is 3.04. The molecule has 1 atom stereocenters. The molecule has 1 aromatic rings. The van der Waals surface area contributed by atoms with Crippen LogP contribution >= 0.6 is 0 Å². The van der Waals surface area contributed by atoms with E-state index in [0.29, 0.717) is 5.78 Å². The van der Waals surface area contributed by atoms with Gasteiger partial charge in [-0.15, -0.1) is 0 Å². The quantitative estimate of drug-likeness (QED) is 0.748. The smallest absolute Gasteiger partial charge is 0.166 e. The first kappa shape index (κ1) is 10.4. The minimum Gasteiger partial charge on any atom is -0.309 e. The average Bonchev–Trinajstić information content (AvgIpc) is 2.54. The number of Topliss-reactive ketones (excluding diaryl/α,β-unsaturated/α-hetero) is 1. The molecule has 15 heavy (non-hydrogen) atoms. The second kappa shape index (κ2) is 4.15. The molecule has 0 radical (unpaired) electrons. The van der Waals surface area contributed by atoms with Crippen molar-refractivity contribution in [2.24, 2.45) is 5.92 Å². The summed E-state index contributed by atoms with van der Waals surface area (Å²) in [6, 6.07) is 7.99. The van der Waals surface area contributed by atoms with Gasteiger partial charge in [0.1, 0.15) is 0 Å². The molecule has 0 saturated heterocycles. The summed E-state index contributed by atoms with van der Waals surface area (Å²) < 4.78 is 0. The molecule has 0 saturated carbocycles. The van der Waals surface area contributed by atoms with Crippen molar-refractivity contribution in [2.45, 2.75) is 12.8 Å². The third kappa shape index (κ3) is 2.10. The summed E-state index contributed by atoms with van der Waals surface area (Å²) in [7, 11) is 4.10. The van der Waals surface area contributed by atoms with Gasteiger partial charge >= 0.3 is 0 Å². The van der Waals surface area contributed by atoms with Crippen molar-refractivity contribution >= 4 is 5.78 Å². The van der Waals surface area contributed by atoms with Gasteiger partial charge in [0.2, 0.25) is 0 Å². The Morgan fingerprint density at radius 3 is 2.73 bits per heavy atom. The molecule has 0 bridgehead atoms. The number of ketones is 1. The van der Waals surface area contributed by atoms with Gasteiger partial charge < -0.3 is 4.90 Å². The summed E-state index contributed by atoms with van der Waals surface area (Å²) in [6.45, 7) is 0.990. The van der Waals surface area contributed by atoms with Crippen molar-refractivity contribution in [1.29, 1.82) is 0 Å². The Labute approximate surface area is 90.9 Å². The van der Waals surface area contributed by atoms with Gasteiger partial charge in [-0.2, -0.15) is 0 Å². The lowest BCUT2D eigenvalue weighted by Gasteiger charge is -2.12. The molecule has 2 heteroatoms. The first-order chi connectivity index (χ1) is 7.18. The van der Waals surface area contributed by atoms with Crippen LogP contribution in [0.5, 0.6) is 0 Å². The maximum absolute atomic E-state index is 12.0. The number of benzene rings is 1. The number of carbonyl (C=O) groups is 1. The molecule has 0 heterocycles. The number of nitrogens with zero attached hydrogens (tertiary/aromatic N) is 1. The summed E-state index contributed by atoms with van der Waals surface area (Å²) in [6.07, 6.45) is 1.91. The highest BCUT2D eigenvalue weighted by Crippen LogP contribution is 2.28. The van der Waals surface area contributed by atoms with Crippen LogP contribution in [0.2, 0.25) is 0 Å². The predicted octanol–water partition coefficient (Wildman–Crippen LogP) is 1.99. The number of hydrogen-bond acceptors (Lipinski definition) is 2. The zero-order valence-corrected chi connectivity index (χ0v) is 9.36. The van der Waals surface area contributed by atoms with Crippen molar-refractivity contribution in [3.63, 3.8) is 0 Å². The van der Waals surface area contributed by atoms with Crippen LogP contribution in [0.4, 0.5) is 0 Å². The van der Waals surface area contributed by atoms with Gasteiger partial charge in [-0.25, -0.2) is 0 Å². The summed E-state index contributed by atoms with van der Waals surface area (Å²) in [5.74, 6) is 0.553. The first-order valence-electron chi connectivity index (χ1n) is 5.45. The van der Waals surface area contributed by atoms with Crippen LogP contribution in [-0.2, 0) is 6.42 Å². The summed E-state index contributed by atoms with van der Waals surface area (Å²) in [5.41, 5.74) is 2.17. The molecule has 0 aromatic heterocycles. The van der Waals surface area contributed by atoms with Gasteiger partial charge in [0.15, 0.2) is 5.78 Å². The lowest BCUT2D eigenvalue weighted by atomic mass is 10.0. The van der Waals surface area contributed by atoms with E-state index in [9.17, 15) is 4.79 Å². The number of rotatable bonds is 3. The fraction of sp³-hybridized carbons (Fsp3) is 0.462. The Morgan fingerprint density at radius 1 is 1.33 bits per heavy atom.